The fraction of sp³-hybridized carbons (Fsp3) is 0.100. The summed E-state index contributed by atoms with van der Waals surface area (Å²) in [5.74, 6) is 0.0393. The van der Waals surface area contributed by atoms with E-state index in [1.807, 2.05) is 0 Å². The number of aliphatic hydroxyl groups excluding tert-OH is 1. The number of benzene rings is 1. The maximum atomic E-state index is 11.2. The highest BCUT2D eigenvalue weighted by atomic mass is 16.4. The van der Waals surface area contributed by atoms with Crippen molar-refractivity contribution in [2.45, 2.75) is 6.61 Å². The molecule has 0 aliphatic rings. The second-order valence-corrected chi connectivity index (χ2v) is 2.94. The van der Waals surface area contributed by atoms with E-state index in [1.165, 1.54) is 12.1 Å². The van der Waals surface area contributed by atoms with Crippen LogP contribution < -0.4 is 5.63 Å². The quantitative estimate of drug-likeness (QED) is 0.661. The van der Waals surface area contributed by atoms with Gasteiger partial charge in [-0.25, -0.2) is 4.79 Å². The zero-order valence-corrected chi connectivity index (χ0v) is 7.23. The molecule has 2 aromatic rings. The van der Waals surface area contributed by atoms with Crippen molar-refractivity contribution in [3.8, 4) is 5.75 Å². The van der Waals surface area contributed by atoms with Crippen LogP contribution in [0, 0.1) is 0 Å². The zero-order valence-electron chi connectivity index (χ0n) is 7.23. The van der Waals surface area contributed by atoms with Crippen molar-refractivity contribution in [1.29, 1.82) is 0 Å². The van der Waals surface area contributed by atoms with Crippen molar-refractivity contribution in [3.63, 3.8) is 0 Å². The third kappa shape index (κ3) is 1.36. The van der Waals surface area contributed by atoms with Crippen LogP contribution in [0.5, 0.6) is 5.75 Å². The van der Waals surface area contributed by atoms with Crippen LogP contribution in [-0.4, -0.2) is 10.2 Å². The fourth-order valence-electron chi connectivity index (χ4n) is 1.25. The van der Waals surface area contributed by atoms with E-state index in [9.17, 15) is 4.79 Å². The maximum absolute atomic E-state index is 11.2. The average molecular weight is 192 g/mol. The summed E-state index contributed by atoms with van der Waals surface area (Å²) in [6.45, 7) is -0.348. The van der Waals surface area contributed by atoms with Crippen LogP contribution in [0.2, 0.25) is 0 Å². The smallest absolute Gasteiger partial charge is 0.341 e. The molecule has 4 heteroatoms. The highest BCUT2D eigenvalue weighted by Crippen LogP contribution is 2.18. The second-order valence-electron chi connectivity index (χ2n) is 2.94. The van der Waals surface area contributed by atoms with E-state index in [2.05, 4.69) is 0 Å². The number of hydrogen-bond acceptors (Lipinski definition) is 4. The molecule has 0 atom stereocenters. The summed E-state index contributed by atoms with van der Waals surface area (Å²) >= 11 is 0. The molecule has 14 heavy (non-hydrogen) atoms. The molecule has 0 radical (unpaired) electrons. The number of hydrogen-bond donors (Lipinski definition) is 2. The highest BCUT2D eigenvalue weighted by Gasteiger charge is 2.04. The summed E-state index contributed by atoms with van der Waals surface area (Å²) < 4.78 is 4.89. The van der Waals surface area contributed by atoms with Crippen molar-refractivity contribution in [3.05, 3.63) is 40.2 Å². The molecule has 0 saturated heterocycles. The van der Waals surface area contributed by atoms with Gasteiger partial charge in [0.05, 0.1) is 12.2 Å². The van der Waals surface area contributed by atoms with Crippen LogP contribution in [-0.2, 0) is 6.61 Å². The summed E-state index contributed by atoms with van der Waals surface area (Å²) in [5, 5.41) is 18.6. The van der Waals surface area contributed by atoms with Gasteiger partial charge in [0.2, 0.25) is 0 Å². The molecular formula is C10H8O4. The molecule has 2 N–H and O–H groups in total. The van der Waals surface area contributed by atoms with E-state index in [0.717, 1.165) is 0 Å². The molecule has 0 unspecified atom stereocenters. The molecule has 1 aromatic carbocycles. The standard InChI is InChI=1S/C10H8O4/c11-5-7-3-6-1-2-8(12)4-9(6)14-10(7)13/h1-4,11-12H,5H2. The monoisotopic (exact) mass is 192 g/mol. The van der Waals surface area contributed by atoms with Gasteiger partial charge in [-0.15, -0.1) is 0 Å². The largest absolute Gasteiger partial charge is 0.508 e. The minimum absolute atomic E-state index is 0.0393. The van der Waals surface area contributed by atoms with E-state index in [0.29, 0.717) is 11.0 Å². The van der Waals surface area contributed by atoms with E-state index < -0.39 is 5.63 Å². The number of aromatic hydroxyl groups is 1. The van der Waals surface area contributed by atoms with Gasteiger partial charge < -0.3 is 14.6 Å². The second kappa shape index (κ2) is 3.16. The van der Waals surface area contributed by atoms with Crippen LogP contribution in [0.15, 0.2) is 33.5 Å². The highest BCUT2D eigenvalue weighted by molar-refractivity contribution is 5.78. The van der Waals surface area contributed by atoms with Gasteiger partial charge in [0.15, 0.2) is 0 Å². The van der Waals surface area contributed by atoms with Crippen LogP contribution in [0.1, 0.15) is 5.56 Å². The first-order valence-corrected chi connectivity index (χ1v) is 4.07. The zero-order chi connectivity index (χ0) is 10.1. The summed E-state index contributed by atoms with van der Waals surface area (Å²) in [6.07, 6.45) is 0. The molecule has 0 saturated carbocycles. The third-order valence-electron chi connectivity index (χ3n) is 1.96. The van der Waals surface area contributed by atoms with Crippen molar-refractivity contribution >= 4 is 11.0 Å². The van der Waals surface area contributed by atoms with E-state index in [-0.39, 0.29) is 17.9 Å². The number of phenols is 1. The number of rotatable bonds is 1. The van der Waals surface area contributed by atoms with Gasteiger partial charge in [0.1, 0.15) is 11.3 Å². The van der Waals surface area contributed by atoms with E-state index >= 15 is 0 Å². The van der Waals surface area contributed by atoms with Crippen molar-refractivity contribution in [1.82, 2.24) is 0 Å². The Kier molecular flexibility index (Phi) is 1.98. The van der Waals surface area contributed by atoms with Gasteiger partial charge in [0, 0.05) is 11.5 Å². The molecule has 0 spiro atoms. The summed E-state index contributed by atoms with van der Waals surface area (Å²) in [6, 6.07) is 6.01. The predicted octanol–water partition coefficient (Wildman–Crippen LogP) is 0.991. The molecular weight excluding hydrogens is 184 g/mol. The third-order valence-corrected chi connectivity index (χ3v) is 1.96. The normalized spacial score (nSPS) is 10.6. The fourth-order valence-corrected chi connectivity index (χ4v) is 1.25. The lowest BCUT2D eigenvalue weighted by Crippen LogP contribution is -2.06. The van der Waals surface area contributed by atoms with Gasteiger partial charge in [-0.1, -0.05) is 0 Å². The Bertz CT molecular complexity index is 527. The molecule has 1 heterocycles. The predicted molar refractivity (Wildman–Crippen MR) is 50.1 cm³/mol. The average Bonchev–Trinajstić information content (AvgIpc) is 2.16. The molecule has 0 aliphatic heterocycles. The van der Waals surface area contributed by atoms with E-state index in [1.54, 1.807) is 12.1 Å². The Hall–Kier alpha value is -1.81. The van der Waals surface area contributed by atoms with E-state index in [4.69, 9.17) is 14.6 Å². The molecule has 0 bridgehead atoms. The first-order chi connectivity index (χ1) is 6.70. The first kappa shape index (κ1) is 8.77. The van der Waals surface area contributed by atoms with Crippen molar-refractivity contribution < 1.29 is 14.6 Å². The summed E-state index contributed by atoms with van der Waals surface area (Å²) in [5.41, 5.74) is -0.0546. The lowest BCUT2D eigenvalue weighted by atomic mass is 10.2. The van der Waals surface area contributed by atoms with Crippen LogP contribution in [0.4, 0.5) is 0 Å². The summed E-state index contributed by atoms with van der Waals surface area (Å²) in [7, 11) is 0. The SMILES string of the molecule is O=c1oc2cc(O)ccc2cc1CO. The number of aliphatic hydroxyl groups is 1. The minimum atomic E-state index is -0.578. The van der Waals surface area contributed by atoms with Gasteiger partial charge in [0.25, 0.3) is 0 Å². The Balaban J connectivity index is 2.79. The Morgan fingerprint density at radius 3 is 2.79 bits per heavy atom. The minimum Gasteiger partial charge on any atom is -0.508 e. The number of fused-ring (bicyclic) bond motifs is 1. The molecule has 0 fully saturated rings. The van der Waals surface area contributed by atoms with Crippen molar-refractivity contribution in [2.75, 3.05) is 0 Å². The van der Waals surface area contributed by atoms with Crippen LogP contribution in [0.25, 0.3) is 11.0 Å². The van der Waals surface area contributed by atoms with Gasteiger partial charge in [-0.05, 0) is 18.2 Å². The lowest BCUT2D eigenvalue weighted by Gasteiger charge is -1.99. The molecule has 72 valence electrons. The first-order valence-electron chi connectivity index (χ1n) is 4.07. The molecule has 4 nitrogen and oxygen atoms in total. The topological polar surface area (TPSA) is 70.7 Å². The van der Waals surface area contributed by atoms with Gasteiger partial charge in [-0.2, -0.15) is 0 Å². The number of phenolic OH excluding ortho intramolecular Hbond substituents is 1. The van der Waals surface area contributed by atoms with Crippen LogP contribution in [0.3, 0.4) is 0 Å². The molecule has 0 amide bonds. The van der Waals surface area contributed by atoms with Crippen LogP contribution >= 0.6 is 0 Å². The molecule has 2 rings (SSSR count). The molecule has 0 aliphatic carbocycles. The Morgan fingerprint density at radius 1 is 1.29 bits per heavy atom. The van der Waals surface area contributed by atoms with Gasteiger partial charge >= 0.3 is 5.63 Å². The van der Waals surface area contributed by atoms with Gasteiger partial charge in [-0.3, -0.25) is 0 Å². The maximum Gasteiger partial charge on any atom is 0.341 e. The summed E-state index contributed by atoms with van der Waals surface area (Å²) in [4.78, 5) is 11.2. The molecule has 1 aromatic heterocycles. The Labute approximate surface area is 79.0 Å². The lowest BCUT2D eigenvalue weighted by molar-refractivity contribution is 0.276. The Morgan fingerprint density at radius 2 is 2.07 bits per heavy atom. The van der Waals surface area contributed by atoms with Crippen molar-refractivity contribution in [2.24, 2.45) is 0 Å².